The molecule has 8 nitrogen and oxygen atoms in total. The number of rotatable bonds is 5. The number of hydrogen-bond acceptors (Lipinski definition) is 4. The molecule has 146 valence electrons. The van der Waals surface area contributed by atoms with Crippen molar-refractivity contribution in [3.63, 3.8) is 0 Å². The molecule has 2 heterocycles. The average molecular weight is 384 g/mol. The van der Waals surface area contributed by atoms with Crippen molar-refractivity contribution in [1.82, 2.24) is 30.4 Å². The van der Waals surface area contributed by atoms with Crippen LogP contribution in [0, 0.1) is 19.7 Å². The van der Waals surface area contributed by atoms with Crippen molar-refractivity contribution in [2.24, 2.45) is 0 Å². The predicted octanol–water partition coefficient (Wildman–Crippen LogP) is 1.85. The Hall–Kier alpha value is -3.49. The van der Waals surface area contributed by atoms with E-state index in [0.717, 1.165) is 11.4 Å². The minimum atomic E-state index is -0.480. The molecule has 3 rings (SSSR count). The Kier molecular flexibility index (Phi) is 5.53. The van der Waals surface area contributed by atoms with Gasteiger partial charge in [0.05, 0.1) is 28.8 Å². The lowest BCUT2D eigenvalue weighted by Crippen LogP contribution is -2.43. The van der Waals surface area contributed by atoms with Crippen molar-refractivity contribution >= 4 is 11.8 Å². The van der Waals surface area contributed by atoms with Crippen molar-refractivity contribution in [1.29, 1.82) is 0 Å². The number of halogens is 1. The number of carbonyl (C=O) groups excluding carboxylic acids is 2. The molecule has 0 saturated heterocycles. The molecule has 3 aromatic rings. The number of benzene rings is 1. The van der Waals surface area contributed by atoms with Crippen molar-refractivity contribution in [2.75, 3.05) is 0 Å². The highest BCUT2D eigenvalue weighted by Crippen LogP contribution is 2.16. The van der Waals surface area contributed by atoms with Crippen LogP contribution in [0.2, 0.25) is 0 Å². The first-order valence-corrected chi connectivity index (χ1v) is 8.82. The van der Waals surface area contributed by atoms with E-state index in [4.69, 9.17) is 0 Å². The third kappa shape index (κ3) is 4.08. The van der Waals surface area contributed by atoms with Gasteiger partial charge in [-0.2, -0.15) is 10.2 Å². The van der Waals surface area contributed by atoms with Crippen LogP contribution in [0.4, 0.5) is 4.39 Å². The van der Waals surface area contributed by atoms with Gasteiger partial charge in [0.2, 0.25) is 0 Å². The van der Waals surface area contributed by atoms with Crippen LogP contribution in [-0.2, 0) is 17.8 Å². The van der Waals surface area contributed by atoms with Gasteiger partial charge in [-0.25, -0.2) is 9.07 Å². The molecule has 0 radical (unpaired) electrons. The number of hydrazine groups is 1. The topological polar surface area (TPSA) is 93.8 Å². The lowest BCUT2D eigenvalue weighted by molar-refractivity contribution is -0.122. The monoisotopic (exact) mass is 384 g/mol. The fraction of sp³-hybridized carbons (Fsp3) is 0.263. The zero-order valence-electron chi connectivity index (χ0n) is 15.9. The summed E-state index contributed by atoms with van der Waals surface area (Å²) in [5.74, 6) is -1.23. The van der Waals surface area contributed by atoms with Gasteiger partial charge in [0.1, 0.15) is 12.4 Å². The minimum Gasteiger partial charge on any atom is -0.271 e. The van der Waals surface area contributed by atoms with E-state index in [1.54, 1.807) is 21.5 Å². The van der Waals surface area contributed by atoms with Gasteiger partial charge in [0.25, 0.3) is 11.8 Å². The number of amides is 2. The molecule has 0 bridgehead atoms. The van der Waals surface area contributed by atoms with Gasteiger partial charge in [-0.15, -0.1) is 0 Å². The lowest BCUT2D eigenvalue weighted by atomic mass is 10.2. The molecule has 0 aliphatic heterocycles. The second-order valence-corrected chi connectivity index (χ2v) is 6.33. The Balaban J connectivity index is 1.68. The van der Waals surface area contributed by atoms with Gasteiger partial charge in [-0.05, 0) is 50.6 Å². The second kappa shape index (κ2) is 8.03. The molecule has 0 saturated carbocycles. The van der Waals surface area contributed by atoms with Gasteiger partial charge in [-0.1, -0.05) is 6.92 Å². The summed E-state index contributed by atoms with van der Waals surface area (Å²) in [4.78, 5) is 24.6. The van der Waals surface area contributed by atoms with E-state index in [1.807, 2.05) is 26.8 Å². The lowest BCUT2D eigenvalue weighted by Gasteiger charge is -2.10. The molecule has 28 heavy (non-hydrogen) atoms. The maximum Gasteiger partial charge on any atom is 0.273 e. The van der Waals surface area contributed by atoms with Crippen molar-refractivity contribution < 1.29 is 14.0 Å². The van der Waals surface area contributed by atoms with Crippen LogP contribution in [0.5, 0.6) is 0 Å². The summed E-state index contributed by atoms with van der Waals surface area (Å²) in [5, 5.41) is 8.43. The van der Waals surface area contributed by atoms with E-state index in [-0.39, 0.29) is 12.4 Å². The van der Waals surface area contributed by atoms with Crippen molar-refractivity contribution in [3.8, 4) is 5.69 Å². The second-order valence-electron chi connectivity index (χ2n) is 6.33. The Bertz CT molecular complexity index is 1010. The zero-order chi connectivity index (χ0) is 20.3. The Labute approximate surface area is 161 Å². The first kappa shape index (κ1) is 19.3. The number of hydrogen-bond donors (Lipinski definition) is 2. The molecule has 2 aromatic heterocycles. The molecule has 0 unspecified atom stereocenters. The third-order valence-corrected chi connectivity index (χ3v) is 4.23. The highest BCUT2D eigenvalue weighted by Gasteiger charge is 2.18. The molecular formula is C19H21FN6O2. The van der Waals surface area contributed by atoms with E-state index in [9.17, 15) is 14.0 Å². The molecule has 1 aromatic carbocycles. The summed E-state index contributed by atoms with van der Waals surface area (Å²) >= 11 is 0. The quantitative estimate of drug-likeness (QED) is 0.657. The summed E-state index contributed by atoms with van der Waals surface area (Å²) in [6.07, 6.45) is 1.95. The van der Waals surface area contributed by atoms with Crippen molar-refractivity contribution in [2.45, 2.75) is 33.7 Å². The maximum atomic E-state index is 13.1. The number of aryl methyl sites for hydroxylation is 2. The van der Waals surface area contributed by atoms with Crippen LogP contribution in [0.25, 0.3) is 5.69 Å². The number of nitrogens with zero attached hydrogens (tertiary/aromatic N) is 4. The van der Waals surface area contributed by atoms with Crippen LogP contribution >= 0.6 is 0 Å². The predicted molar refractivity (Wildman–Crippen MR) is 100 cm³/mol. The average Bonchev–Trinajstić information content (AvgIpc) is 3.23. The SMILES string of the molecule is CCc1c(C(=O)NNC(=O)Cn2nc(C)cc2C)cnn1-c1ccc(F)cc1. The number of aromatic nitrogens is 4. The largest absolute Gasteiger partial charge is 0.273 e. The molecule has 2 N–H and O–H groups in total. The molecule has 2 amide bonds. The standard InChI is InChI=1S/C19H21FN6O2/c1-4-17-16(10-21-26(17)15-7-5-14(20)6-8-15)19(28)23-22-18(27)11-25-13(3)9-12(2)24-25/h5-10H,4,11H2,1-3H3,(H,22,27)(H,23,28). The van der Waals surface area contributed by atoms with Crippen LogP contribution < -0.4 is 10.9 Å². The van der Waals surface area contributed by atoms with E-state index >= 15 is 0 Å². The minimum absolute atomic E-state index is 0.00453. The molecule has 0 aliphatic rings. The van der Waals surface area contributed by atoms with Gasteiger partial charge in [0.15, 0.2) is 0 Å². The van der Waals surface area contributed by atoms with E-state index in [0.29, 0.717) is 23.4 Å². The van der Waals surface area contributed by atoms with Gasteiger partial charge in [0, 0.05) is 5.69 Å². The van der Waals surface area contributed by atoms with Crippen LogP contribution in [0.1, 0.15) is 34.4 Å². The Morgan fingerprint density at radius 1 is 1.14 bits per heavy atom. The summed E-state index contributed by atoms with van der Waals surface area (Å²) in [6.45, 7) is 5.57. The zero-order valence-corrected chi connectivity index (χ0v) is 15.9. The first-order valence-electron chi connectivity index (χ1n) is 8.82. The summed E-state index contributed by atoms with van der Waals surface area (Å²) in [5.41, 5.74) is 8.08. The summed E-state index contributed by atoms with van der Waals surface area (Å²) in [6, 6.07) is 7.69. The molecule has 0 fully saturated rings. The Morgan fingerprint density at radius 2 is 1.86 bits per heavy atom. The molecule has 9 heteroatoms. The number of carbonyl (C=O) groups is 2. The highest BCUT2D eigenvalue weighted by atomic mass is 19.1. The first-order chi connectivity index (χ1) is 13.4. The van der Waals surface area contributed by atoms with E-state index < -0.39 is 11.8 Å². The van der Waals surface area contributed by atoms with Crippen molar-refractivity contribution in [3.05, 3.63) is 65.0 Å². The van der Waals surface area contributed by atoms with Crippen LogP contribution in [0.15, 0.2) is 36.5 Å². The third-order valence-electron chi connectivity index (χ3n) is 4.23. The molecule has 0 aliphatic carbocycles. The molecule has 0 atom stereocenters. The van der Waals surface area contributed by atoms with E-state index in [2.05, 4.69) is 21.0 Å². The highest BCUT2D eigenvalue weighted by molar-refractivity contribution is 5.96. The van der Waals surface area contributed by atoms with Gasteiger partial charge < -0.3 is 0 Å². The van der Waals surface area contributed by atoms with E-state index in [1.165, 1.54) is 18.3 Å². The smallest absolute Gasteiger partial charge is 0.271 e. The van der Waals surface area contributed by atoms with Crippen LogP contribution in [-0.4, -0.2) is 31.4 Å². The van der Waals surface area contributed by atoms with Gasteiger partial charge >= 0.3 is 0 Å². The molecular weight excluding hydrogens is 363 g/mol. The van der Waals surface area contributed by atoms with Gasteiger partial charge in [-0.3, -0.25) is 25.1 Å². The number of nitrogens with one attached hydrogen (secondary N) is 2. The summed E-state index contributed by atoms with van der Waals surface area (Å²) < 4.78 is 16.3. The summed E-state index contributed by atoms with van der Waals surface area (Å²) in [7, 11) is 0. The normalized spacial score (nSPS) is 10.7. The van der Waals surface area contributed by atoms with Crippen LogP contribution in [0.3, 0.4) is 0 Å². The fourth-order valence-electron chi connectivity index (χ4n) is 2.91. The maximum absolute atomic E-state index is 13.1. The molecule has 0 spiro atoms. The fourth-order valence-corrected chi connectivity index (χ4v) is 2.91. The Morgan fingerprint density at radius 3 is 2.46 bits per heavy atom.